The summed E-state index contributed by atoms with van der Waals surface area (Å²) in [7, 11) is -3.39. The van der Waals surface area contributed by atoms with Crippen LogP contribution in [0.1, 0.15) is 39.5 Å². The van der Waals surface area contributed by atoms with Crippen LogP contribution in [-0.2, 0) is 10.0 Å². The van der Waals surface area contributed by atoms with Gasteiger partial charge < -0.3 is 5.32 Å². The van der Waals surface area contributed by atoms with Gasteiger partial charge in [-0.15, -0.1) is 0 Å². The van der Waals surface area contributed by atoms with Crippen molar-refractivity contribution in [3.05, 3.63) is 24.3 Å². The smallest absolute Gasteiger partial charge is 0.240 e. The molecule has 2 rings (SSSR count). The summed E-state index contributed by atoms with van der Waals surface area (Å²) < 4.78 is 27.4. The first kappa shape index (κ1) is 16.3. The molecule has 2 atom stereocenters. The average Bonchev–Trinajstić information content (AvgIpc) is 2.47. The van der Waals surface area contributed by atoms with Crippen LogP contribution < -0.4 is 10.0 Å². The second-order valence-electron chi connectivity index (χ2n) is 5.93. The summed E-state index contributed by atoms with van der Waals surface area (Å²) >= 11 is 0. The molecule has 1 aliphatic rings. The number of anilines is 1. The van der Waals surface area contributed by atoms with Crippen molar-refractivity contribution < 1.29 is 8.42 Å². The van der Waals surface area contributed by atoms with E-state index in [-0.39, 0.29) is 0 Å². The van der Waals surface area contributed by atoms with E-state index in [2.05, 4.69) is 17.0 Å². The predicted molar refractivity (Wildman–Crippen MR) is 86.9 cm³/mol. The Balaban J connectivity index is 1.97. The molecule has 1 aliphatic carbocycles. The highest BCUT2D eigenvalue weighted by Gasteiger charge is 2.23. The van der Waals surface area contributed by atoms with Gasteiger partial charge in [0.05, 0.1) is 4.90 Å². The van der Waals surface area contributed by atoms with Crippen molar-refractivity contribution in [2.24, 2.45) is 11.8 Å². The number of benzene rings is 1. The van der Waals surface area contributed by atoms with Crippen LogP contribution >= 0.6 is 0 Å². The lowest BCUT2D eigenvalue weighted by Gasteiger charge is -2.28. The van der Waals surface area contributed by atoms with Gasteiger partial charge >= 0.3 is 0 Å². The molecular formula is C16H26N2O2S. The highest BCUT2D eigenvalue weighted by Crippen LogP contribution is 2.29. The summed E-state index contributed by atoms with van der Waals surface area (Å²) in [4.78, 5) is 0.340. The Hall–Kier alpha value is -1.07. The van der Waals surface area contributed by atoms with Crippen LogP contribution in [0.15, 0.2) is 29.2 Å². The number of hydrogen-bond acceptors (Lipinski definition) is 3. The SMILES string of the molecule is CCNc1ccc(S(=O)(=O)NCC2CCCCC2C)cc1. The Labute approximate surface area is 128 Å². The molecule has 0 heterocycles. The molecule has 2 N–H and O–H groups in total. The molecule has 1 aromatic carbocycles. The minimum absolute atomic E-state index is 0.340. The first-order valence-corrected chi connectivity index (χ1v) is 9.35. The van der Waals surface area contributed by atoms with Crippen LogP contribution in [0.25, 0.3) is 0 Å². The summed E-state index contributed by atoms with van der Waals surface area (Å²) in [6.45, 7) is 5.61. The van der Waals surface area contributed by atoms with E-state index in [4.69, 9.17) is 0 Å². The lowest BCUT2D eigenvalue weighted by molar-refractivity contribution is 0.257. The molecule has 0 bridgehead atoms. The zero-order valence-corrected chi connectivity index (χ0v) is 13.7. The highest BCUT2D eigenvalue weighted by molar-refractivity contribution is 7.89. The molecule has 0 amide bonds. The summed E-state index contributed by atoms with van der Waals surface area (Å²) in [5.74, 6) is 1.08. The second kappa shape index (κ2) is 7.27. The Kier molecular flexibility index (Phi) is 5.65. The van der Waals surface area contributed by atoms with E-state index in [0.717, 1.165) is 18.7 Å². The summed E-state index contributed by atoms with van der Waals surface area (Å²) in [5, 5.41) is 3.16. The molecule has 0 saturated heterocycles. The third-order valence-electron chi connectivity index (χ3n) is 4.37. The standard InChI is InChI=1S/C16H26N2O2S/c1-3-17-15-8-10-16(11-9-15)21(19,20)18-12-14-7-5-4-6-13(14)2/h8-11,13-14,17-18H,3-7,12H2,1-2H3. The van der Waals surface area contributed by atoms with Crippen LogP contribution in [0.2, 0.25) is 0 Å². The van der Waals surface area contributed by atoms with Crippen LogP contribution in [0.3, 0.4) is 0 Å². The van der Waals surface area contributed by atoms with E-state index in [0.29, 0.717) is 23.3 Å². The summed E-state index contributed by atoms with van der Waals surface area (Å²) in [6.07, 6.45) is 4.83. The van der Waals surface area contributed by atoms with Gasteiger partial charge in [0.15, 0.2) is 0 Å². The number of sulfonamides is 1. The summed E-state index contributed by atoms with van der Waals surface area (Å²) in [6, 6.07) is 6.93. The van der Waals surface area contributed by atoms with E-state index >= 15 is 0 Å². The first-order valence-electron chi connectivity index (χ1n) is 7.86. The molecule has 2 unspecified atom stereocenters. The van der Waals surface area contributed by atoms with Crippen LogP contribution in [0.5, 0.6) is 0 Å². The first-order chi connectivity index (χ1) is 10.0. The predicted octanol–water partition coefficient (Wildman–Crippen LogP) is 3.22. The van der Waals surface area contributed by atoms with Gasteiger partial charge in [-0.1, -0.05) is 26.2 Å². The molecular weight excluding hydrogens is 284 g/mol. The Morgan fingerprint density at radius 3 is 2.43 bits per heavy atom. The average molecular weight is 310 g/mol. The van der Waals surface area contributed by atoms with Gasteiger partial charge in [0, 0.05) is 18.8 Å². The number of nitrogens with one attached hydrogen (secondary N) is 2. The molecule has 0 spiro atoms. The van der Waals surface area contributed by atoms with Gasteiger partial charge in [0.1, 0.15) is 0 Å². The Bertz CT molecular complexity index is 540. The number of hydrogen-bond donors (Lipinski definition) is 2. The lowest BCUT2D eigenvalue weighted by Crippen LogP contribution is -2.33. The normalized spacial score (nSPS) is 23.0. The molecule has 5 heteroatoms. The van der Waals surface area contributed by atoms with Crippen LogP contribution in [0, 0.1) is 11.8 Å². The molecule has 118 valence electrons. The second-order valence-corrected chi connectivity index (χ2v) is 7.70. The largest absolute Gasteiger partial charge is 0.385 e. The molecule has 21 heavy (non-hydrogen) atoms. The molecule has 4 nitrogen and oxygen atoms in total. The topological polar surface area (TPSA) is 58.2 Å². The quantitative estimate of drug-likeness (QED) is 0.848. The van der Waals surface area contributed by atoms with Crippen molar-refractivity contribution >= 4 is 15.7 Å². The van der Waals surface area contributed by atoms with Crippen molar-refractivity contribution in [3.63, 3.8) is 0 Å². The van der Waals surface area contributed by atoms with Gasteiger partial charge in [0.25, 0.3) is 0 Å². The monoisotopic (exact) mass is 310 g/mol. The van der Waals surface area contributed by atoms with E-state index in [9.17, 15) is 8.42 Å². The van der Waals surface area contributed by atoms with Gasteiger partial charge in [-0.25, -0.2) is 13.1 Å². The van der Waals surface area contributed by atoms with E-state index in [1.54, 1.807) is 24.3 Å². The van der Waals surface area contributed by atoms with Gasteiger partial charge in [0.2, 0.25) is 10.0 Å². The summed E-state index contributed by atoms with van der Waals surface area (Å²) in [5.41, 5.74) is 0.942. The van der Waals surface area contributed by atoms with Crippen molar-refractivity contribution in [2.45, 2.75) is 44.4 Å². The fraction of sp³-hybridized carbons (Fsp3) is 0.625. The van der Waals surface area contributed by atoms with Gasteiger partial charge in [-0.05, 0) is 49.4 Å². The minimum Gasteiger partial charge on any atom is -0.385 e. The lowest BCUT2D eigenvalue weighted by atomic mass is 9.81. The number of rotatable bonds is 6. The maximum absolute atomic E-state index is 12.3. The maximum Gasteiger partial charge on any atom is 0.240 e. The van der Waals surface area contributed by atoms with E-state index in [1.165, 1.54) is 19.3 Å². The molecule has 1 fully saturated rings. The minimum atomic E-state index is -3.39. The van der Waals surface area contributed by atoms with Crippen molar-refractivity contribution in [1.82, 2.24) is 4.72 Å². The van der Waals surface area contributed by atoms with Crippen molar-refractivity contribution in [1.29, 1.82) is 0 Å². The van der Waals surface area contributed by atoms with Crippen LogP contribution in [0.4, 0.5) is 5.69 Å². The molecule has 0 radical (unpaired) electrons. The van der Waals surface area contributed by atoms with Gasteiger partial charge in [-0.2, -0.15) is 0 Å². The zero-order chi connectivity index (χ0) is 15.3. The highest BCUT2D eigenvalue weighted by atomic mass is 32.2. The van der Waals surface area contributed by atoms with Gasteiger partial charge in [-0.3, -0.25) is 0 Å². The van der Waals surface area contributed by atoms with Crippen molar-refractivity contribution in [2.75, 3.05) is 18.4 Å². The third-order valence-corrected chi connectivity index (χ3v) is 5.81. The fourth-order valence-corrected chi connectivity index (χ4v) is 4.05. The van der Waals surface area contributed by atoms with E-state index in [1.807, 2.05) is 6.92 Å². The maximum atomic E-state index is 12.3. The Morgan fingerprint density at radius 2 is 1.81 bits per heavy atom. The molecule has 1 aromatic rings. The zero-order valence-electron chi connectivity index (χ0n) is 12.9. The van der Waals surface area contributed by atoms with Crippen LogP contribution in [-0.4, -0.2) is 21.5 Å². The Morgan fingerprint density at radius 1 is 1.14 bits per heavy atom. The molecule has 0 aliphatic heterocycles. The van der Waals surface area contributed by atoms with Crippen molar-refractivity contribution in [3.8, 4) is 0 Å². The third kappa shape index (κ3) is 4.45. The fourth-order valence-electron chi connectivity index (χ4n) is 2.95. The molecule has 1 saturated carbocycles. The molecule has 0 aromatic heterocycles. The van der Waals surface area contributed by atoms with E-state index < -0.39 is 10.0 Å².